The maximum Gasteiger partial charge on any atom is 0.254 e. The largest absolute Gasteiger partial charge is 0.337 e. The van der Waals surface area contributed by atoms with Crippen LogP contribution in [0, 0.1) is 0 Å². The zero-order valence-electron chi connectivity index (χ0n) is 16.9. The van der Waals surface area contributed by atoms with E-state index in [9.17, 15) is 4.79 Å². The predicted molar refractivity (Wildman–Crippen MR) is 112 cm³/mol. The van der Waals surface area contributed by atoms with E-state index in [0.717, 1.165) is 30.4 Å². The second kappa shape index (κ2) is 9.03. The van der Waals surface area contributed by atoms with Crippen LogP contribution in [-0.2, 0) is 6.42 Å². The third-order valence-corrected chi connectivity index (χ3v) is 5.54. The van der Waals surface area contributed by atoms with Gasteiger partial charge in [0, 0.05) is 17.7 Å². The first-order valence-electron chi connectivity index (χ1n) is 10.5. The van der Waals surface area contributed by atoms with Crippen molar-refractivity contribution < 1.29 is 9.32 Å². The molecule has 1 aliphatic heterocycles. The van der Waals surface area contributed by atoms with Crippen LogP contribution in [-0.4, -0.2) is 27.5 Å². The summed E-state index contributed by atoms with van der Waals surface area (Å²) in [5, 5.41) is 4.12. The highest BCUT2D eigenvalue weighted by Crippen LogP contribution is 2.33. The Morgan fingerprint density at radius 3 is 2.66 bits per heavy atom. The summed E-state index contributed by atoms with van der Waals surface area (Å²) in [6, 6.07) is 17.6. The van der Waals surface area contributed by atoms with E-state index in [4.69, 9.17) is 4.52 Å². The van der Waals surface area contributed by atoms with E-state index in [1.165, 1.54) is 24.8 Å². The van der Waals surface area contributed by atoms with Crippen molar-refractivity contribution in [2.75, 3.05) is 6.54 Å². The number of unbranched alkanes of at least 4 members (excludes halogenated alkanes) is 2. The molecule has 1 aromatic heterocycles. The minimum absolute atomic E-state index is 0.0343. The molecule has 0 unspecified atom stereocenters. The topological polar surface area (TPSA) is 59.2 Å². The van der Waals surface area contributed by atoms with Crippen LogP contribution in [0.2, 0.25) is 0 Å². The number of amides is 1. The summed E-state index contributed by atoms with van der Waals surface area (Å²) in [6.07, 6.45) is 6.50. The third kappa shape index (κ3) is 4.39. The minimum Gasteiger partial charge on any atom is -0.337 e. The van der Waals surface area contributed by atoms with Crippen molar-refractivity contribution in [1.82, 2.24) is 15.0 Å². The van der Waals surface area contributed by atoms with Crippen molar-refractivity contribution in [3.05, 3.63) is 71.6 Å². The molecule has 1 amide bonds. The predicted octanol–water partition coefficient (Wildman–Crippen LogP) is 5.45. The zero-order valence-corrected chi connectivity index (χ0v) is 16.9. The molecule has 5 heteroatoms. The number of hydrogen-bond donors (Lipinski definition) is 0. The van der Waals surface area contributed by atoms with Gasteiger partial charge in [-0.25, -0.2) is 0 Å². The number of nitrogens with zero attached hydrogens (tertiary/aromatic N) is 3. The summed E-state index contributed by atoms with van der Waals surface area (Å²) >= 11 is 0. The molecular formula is C24H27N3O2. The fraction of sp³-hybridized carbons (Fsp3) is 0.375. The van der Waals surface area contributed by atoms with E-state index in [2.05, 4.69) is 29.2 Å². The van der Waals surface area contributed by atoms with E-state index in [-0.39, 0.29) is 11.9 Å². The highest BCUT2D eigenvalue weighted by molar-refractivity contribution is 5.94. The first-order chi connectivity index (χ1) is 14.3. The molecule has 3 aromatic rings. The van der Waals surface area contributed by atoms with Gasteiger partial charge in [-0.15, -0.1) is 0 Å². The van der Waals surface area contributed by atoms with E-state index in [1.54, 1.807) is 0 Å². The molecule has 1 aliphatic rings. The fourth-order valence-corrected chi connectivity index (χ4v) is 3.90. The number of carbonyl (C=O) groups excluding carboxylic acids is 1. The van der Waals surface area contributed by atoms with Gasteiger partial charge in [-0.3, -0.25) is 4.79 Å². The molecule has 5 nitrogen and oxygen atoms in total. The number of aromatic nitrogens is 2. The summed E-state index contributed by atoms with van der Waals surface area (Å²) in [5.41, 5.74) is 2.92. The van der Waals surface area contributed by atoms with Crippen LogP contribution in [0.4, 0.5) is 0 Å². The molecule has 0 radical (unpaired) electrons. The number of hydrogen-bond acceptors (Lipinski definition) is 4. The van der Waals surface area contributed by atoms with Gasteiger partial charge in [-0.05, 0) is 43.4 Å². The lowest BCUT2D eigenvalue weighted by Crippen LogP contribution is -2.30. The average Bonchev–Trinajstić information content (AvgIpc) is 3.44. The third-order valence-electron chi connectivity index (χ3n) is 5.54. The van der Waals surface area contributed by atoms with Gasteiger partial charge in [0.2, 0.25) is 11.7 Å². The molecule has 0 spiro atoms. The first kappa shape index (κ1) is 19.4. The molecule has 1 fully saturated rings. The molecule has 1 atom stereocenters. The molecule has 150 valence electrons. The van der Waals surface area contributed by atoms with Crippen molar-refractivity contribution in [3.63, 3.8) is 0 Å². The highest BCUT2D eigenvalue weighted by atomic mass is 16.5. The lowest BCUT2D eigenvalue weighted by molar-refractivity contribution is 0.0710. The van der Waals surface area contributed by atoms with E-state index in [1.807, 2.05) is 47.4 Å². The summed E-state index contributed by atoms with van der Waals surface area (Å²) in [7, 11) is 0. The normalized spacial score (nSPS) is 16.3. The summed E-state index contributed by atoms with van der Waals surface area (Å²) in [6.45, 7) is 2.92. The summed E-state index contributed by atoms with van der Waals surface area (Å²) < 4.78 is 5.54. The molecule has 1 saturated heterocycles. The quantitative estimate of drug-likeness (QED) is 0.504. The second-order valence-corrected chi connectivity index (χ2v) is 7.63. The maximum absolute atomic E-state index is 13.1. The molecule has 0 saturated carbocycles. The molecule has 2 heterocycles. The van der Waals surface area contributed by atoms with E-state index in [0.29, 0.717) is 18.3 Å². The number of likely N-dealkylation sites (tertiary alicyclic amines) is 1. The Morgan fingerprint density at radius 1 is 1.10 bits per heavy atom. The number of benzene rings is 2. The smallest absolute Gasteiger partial charge is 0.254 e. The van der Waals surface area contributed by atoms with Crippen molar-refractivity contribution >= 4 is 5.91 Å². The Morgan fingerprint density at radius 2 is 1.90 bits per heavy atom. The van der Waals surface area contributed by atoms with E-state index >= 15 is 0 Å². The Labute approximate surface area is 171 Å². The van der Waals surface area contributed by atoms with Gasteiger partial charge in [0.05, 0.1) is 0 Å². The molecule has 29 heavy (non-hydrogen) atoms. The van der Waals surface area contributed by atoms with Gasteiger partial charge in [0.15, 0.2) is 0 Å². The minimum atomic E-state index is -0.156. The average molecular weight is 389 g/mol. The molecule has 0 bridgehead atoms. The van der Waals surface area contributed by atoms with E-state index < -0.39 is 0 Å². The Balaban J connectivity index is 1.47. The van der Waals surface area contributed by atoms with Gasteiger partial charge in [-0.1, -0.05) is 67.4 Å². The van der Waals surface area contributed by atoms with Gasteiger partial charge in [-0.2, -0.15) is 4.98 Å². The Hall–Kier alpha value is -2.95. The Kier molecular flexibility index (Phi) is 6.03. The summed E-state index contributed by atoms with van der Waals surface area (Å²) in [4.78, 5) is 19.6. The Bertz CT molecular complexity index is 934. The van der Waals surface area contributed by atoms with Crippen LogP contribution in [0.3, 0.4) is 0 Å². The van der Waals surface area contributed by atoms with Gasteiger partial charge < -0.3 is 9.42 Å². The number of rotatable bonds is 7. The monoisotopic (exact) mass is 389 g/mol. The summed E-state index contributed by atoms with van der Waals surface area (Å²) in [5.74, 6) is 1.12. The second-order valence-electron chi connectivity index (χ2n) is 7.63. The van der Waals surface area contributed by atoms with Gasteiger partial charge in [0.1, 0.15) is 6.04 Å². The first-order valence-corrected chi connectivity index (χ1v) is 10.5. The molecular weight excluding hydrogens is 362 g/mol. The van der Waals surface area contributed by atoms with Crippen LogP contribution in [0.5, 0.6) is 0 Å². The molecule has 0 aliphatic carbocycles. The zero-order chi connectivity index (χ0) is 20.1. The van der Waals surface area contributed by atoms with Crippen LogP contribution in [0.15, 0.2) is 59.1 Å². The van der Waals surface area contributed by atoms with Crippen LogP contribution >= 0.6 is 0 Å². The molecule has 2 aromatic carbocycles. The standard InChI is InChI=1S/C24H27N3O2/c1-2-3-5-9-18-13-15-20(16-14-18)24(28)27-17-8-12-21(27)23-25-22(26-29-23)19-10-6-4-7-11-19/h4,6-7,10-11,13-16,21H,2-3,5,8-9,12,17H2,1H3/t21-/m0/s1. The van der Waals surface area contributed by atoms with Crippen LogP contribution < -0.4 is 0 Å². The van der Waals surface area contributed by atoms with Crippen LogP contribution in [0.25, 0.3) is 11.4 Å². The molecule has 4 rings (SSSR count). The van der Waals surface area contributed by atoms with Crippen molar-refractivity contribution in [2.45, 2.75) is 51.5 Å². The lowest BCUT2D eigenvalue weighted by Gasteiger charge is -2.22. The molecule has 0 N–H and O–H groups in total. The maximum atomic E-state index is 13.1. The van der Waals surface area contributed by atoms with Crippen LogP contribution in [0.1, 0.15) is 66.9 Å². The van der Waals surface area contributed by atoms with Gasteiger partial charge in [0.25, 0.3) is 5.91 Å². The van der Waals surface area contributed by atoms with Crippen molar-refractivity contribution in [1.29, 1.82) is 0 Å². The SMILES string of the molecule is CCCCCc1ccc(C(=O)N2CCC[C@H]2c2nc(-c3ccccc3)no2)cc1. The highest BCUT2D eigenvalue weighted by Gasteiger charge is 2.34. The van der Waals surface area contributed by atoms with Gasteiger partial charge >= 0.3 is 0 Å². The lowest BCUT2D eigenvalue weighted by atomic mass is 10.0. The fourth-order valence-electron chi connectivity index (χ4n) is 3.90. The number of aryl methyl sites for hydroxylation is 1. The van der Waals surface area contributed by atoms with Crippen molar-refractivity contribution in [3.8, 4) is 11.4 Å². The van der Waals surface area contributed by atoms with Crippen molar-refractivity contribution in [2.24, 2.45) is 0 Å². The number of carbonyl (C=O) groups is 1.